The van der Waals surface area contributed by atoms with Crippen molar-refractivity contribution in [2.45, 2.75) is 6.92 Å². The van der Waals surface area contributed by atoms with Crippen molar-refractivity contribution in [3.63, 3.8) is 0 Å². The molecule has 1 N–H and O–H groups in total. The van der Waals surface area contributed by atoms with Crippen molar-refractivity contribution in [2.24, 2.45) is 14.1 Å². The maximum Gasteiger partial charge on any atom is 0.332 e. The molecule has 0 aliphatic rings. The first-order valence-corrected chi connectivity index (χ1v) is 8.72. The van der Waals surface area contributed by atoms with Gasteiger partial charge < -0.3 is 9.73 Å². The minimum absolute atomic E-state index is 0.122. The van der Waals surface area contributed by atoms with Gasteiger partial charge in [0.25, 0.3) is 11.5 Å². The number of rotatable bonds is 2. The van der Waals surface area contributed by atoms with Gasteiger partial charge in [0.05, 0.1) is 22.3 Å². The highest BCUT2D eigenvalue weighted by Gasteiger charge is 2.20. The molecule has 8 nitrogen and oxygen atoms in total. The number of carbonyl (C=O) groups excluding carboxylic acids is 1. The molecule has 0 radical (unpaired) electrons. The normalized spacial score (nSPS) is 11.3. The second-order valence-electron chi connectivity index (χ2n) is 6.43. The number of hydrogen-bond acceptors (Lipinski definition) is 5. The third kappa shape index (κ3) is 2.61. The summed E-state index contributed by atoms with van der Waals surface area (Å²) in [6.07, 6.45) is 1.38. The van der Waals surface area contributed by atoms with E-state index in [1.807, 2.05) is 6.07 Å². The molecule has 0 atom stereocenters. The molecule has 28 heavy (non-hydrogen) atoms. The maximum atomic E-state index is 12.7. The Morgan fingerprint density at radius 2 is 1.93 bits per heavy atom. The Labute approximate surface area is 163 Å². The van der Waals surface area contributed by atoms with Gasteiger partial charge in [0.1, 0.15) is 5.65 Å². The predicted octanol–water partition coefficient (Wildman–Crippen LogP) is 2.59. The van der Waals surface area contributed by atoms with Crippen molar-refractivity contribution in [2.75, 3.05) is 5.32 Å². The van der Waals surface area contributed by atoms with E-state index in [0.717, 1.165) is 9.95 Å². The lowest BCUT2D eigenvalue weighted by atomic mass is 10.1. The lowest BCUT2D eigenvalue weighted by Crippen LogP contribution is -2.37. The number of aryl methyl sites for hydroxylation is 2. The molecule has 0 fully saturated rings. The summed E-state index contributed by atoms with van der Waals surface area (Å²) in [7, 11) is 2.91. The minimum Gasteiger partial charge on any atom is -0.449 e. The van der Waals surface area contributed by atoms with Crippen LogP contribution in [0.3, 0.4) is 0 Å². The van der Waals surface area contributed by atoms with Crippen LogP contribution in [0, 0.1) is 6.92 Å². The number of nitrogens with one attached hydrogen (secondary N) is 1. The fraction of sp³-hybridized carbons (Fsp3) is 0.158. The first kappa shape index (κ1) is 18.0. The van der Waals surface area contributed by atoms with Crippen LogP contribution in [0.4, 0.5) is 5.69 Å². The van der Waals surface area contributed by atoms with Crippen LogP contribution in [0.15, 0.2) is 44.5 Å². The summed E-state index contributed by atoms with van der Waals surface area (Å²) in [5, 5.41) is 4.05. The van der Waals surface area contributed by atoms with Crippen molar-refractivity contribution in [1.82, 2.24) is 14.1 Å². The largest absolute Gasteiger partial charge is 0.449 e. The molecule has 0 saturated heterocycles. The van der Waals surface area contributed by atoms with Gasteiger partial charge in [-0.1, -0.05) is 23.7 Å². The second kappa shape index (κ2) is 6.35. The Bertz CT molecular complexity index is 1400. The first-order valence-electron chi connectivity index (χ1n) is 8.34. The molecular weight excluding hydrogens is 384 g/mol. The molecule has 4 aromatic rings. The van der Waals surface area contributed by atoms with Crippen molar-refractivity contribution in [1.29, 1.82) is 0 Å². The summed E-state index contributed by atoms with van der Waals surface area (Å²) >= 11 is 6.13. The summed E-state index contributed by atoms with van der Waals surface area (Å²) in [5.41, 5.74) is 0.663. The summed E-state index contributed by atoms with van der Waals surface area (Å²) < 4.78 is 7.91. The SMILES string of the molecule is Cc1c(C(=O)Nc2cnc3c(c2)c(=O)n(C)c(=O)n3C)oc2c(Cl)cccc12. The van der Waals surface area contributed by atoms with Crippen LogP contribution in [0.25, 0.3) is 22.0 Å². The molecule has 9 heteroatoms. The number of pyridine rings is 1. The smallest absolute Gasteiger partial charge is 0.332 e. The van der Waals surface area contributed by atoms with Gasteiger partial charge in [-0.3, -0.25) is 18.7 Å². The number of para-hydroxylation sites is 1. The highest BCUT2D eigenvalue weighted by atomic mass is 35.5. The molecule has 0 spiro atoms. The fourth-order valence-corrected chi connectivity index (χ4v) is 3.36. The molecule has 4 rings (SSSR count). The zero-order valence-corrected chi connectivity index (χ0v) is 16.0. The highest BCUT2D eigenvalue weighted by molar-refractivity contribution is 6.35. The Morgan fingerprint density at radius 1 is 1.18 bits per heavy atom. The number of aromatic nitrogens is 3. The van der Waals surface area contributed by atoms with Gasteiger partial charge >= 0.3 is 5.69 Å². The van der Waals surface area contributed by atoms with Gasteiger partial charge in [-0.05, 0) is 19.1 Å². The van der Waals surface area contributed by atoms with E-state index in [4.69, 9.17) is 16.0 Å². The van der Waals surface area contributed by atoms with Crippen LogP contribution >= 0.6 is 11.6 Å². The summed E-state index contributed by atoms with van der Waals surface area (Å²) in [6.45, 7) is 1.77. The topological polar surface area (TPSA) is 99.1 Å². The number of amides is 1. The Kier molecular flexibility index (Phi) is 4.08. The Hall–Kier alpha value is -3.39. The van der Waals surface area contributed by atoms with Crippen molar-refractivity contribution < 1.29 is 9.21 Å². The number of nitrogens with zero attached hydrogens (tertiary/aromatic N) is 3. The van der Waals surface area contributed by atoms with E-state index in [0.29, 0.717) is 21.9 Å². The molecule has 1 aromatic carbocycles. The van der Waals surface area contributed by atoms with Crippen LogP contribution in [0.2, 0.25) is 5.02 Å². The third-order valence-electron chi connectivity index (χ3n) is 4.67. The Balaban J connectivity index is 1.77. The maximum absolute atomic E-state index is 12.7. The second-order valence-corrected chi connectivity index (χ2v) is 6.83. The molecule has 3 aromatic heterocycles. The van der Waals surface area contributed by atoms with Crippen molar-refractivity contribution >= 4 is 45.2 Å². The molecule has 0 aliphatic heterocycles. The number of benzene rings is 1. The van der Waals surface area contributed by atoms with E-state index in [1.54, 1.807) is 19.1 Å². The van der Waals surface area contributed by atoms with Gasteiger partial charge in [-0.25, -0.2) is 9.78 Å². The zero-order chi connectivity index (χ0) is 20.2. The number of carbonyl (C=O) groups is 1. The van der Waals surface area contributed by atoms with Gasteiger partial charge in [-0.15, -0.1) is 0 Å². The summed E-state index contributed by atoms with van der Waals surface area (Å²) in [4.78, 5) is 41.2. The van der Waals surface area contributed by atoms with Gasteiger partial charge in [-0.2, -0.15) is 0 Å². The highest BCUT2D eigenvalue weighted by Crippen LogP contribution is 2.31. The first-order chi connectivity index (χ1) is 13.3. The third-order valence-corrected chi connectivity index (χ3v) is 4.97. The van der Waals surface area contributed by atoms with Gasteiger partial charge in [0.15, 0.2) is 11.3 Å². The van der Waals surface area contributed by atoms with E-state index >= 15 is 0 Å². The van der Waals surface area contributed by atoms with Gasteiger partial charge in [0, 0.05) is 25.0 Å². The molecule has 3 heterocycles. The standard InChI is InChI=1S/C19H15ClN4O4/c1-9-11-5-4-6-13(20)15(11)28-14(9)17(25)22-10-7-12-16(21-8-10)23(2)19(27)24(3)18(12)26/h4-8H,1-3H3,(H,22,25). The molecule has 142 valence electrons. The fourth-order valence-electron chi connectivity index (χ4n) is 3.15. The minimum atomic E-state index is -0.493. The van der Waals surface area contributed by atoms with E-state index in [1.165, 1.54) is 30.9 Å². The van der Waals surface area contributed by atoms with Crippen LogP contribution in [-0.2, 0) is 14.1 Å². The van der Waals surface area contributed by atoms with E-state index in [2.05, 4.69) is 10.3 Å². The monoisotopic (exact) mass is 398 g/mol. The number of halogens is 1. The molecule has 1 amide bonds. The predicted molar refractivity (Wildman–Crippen MR) is 106 cm³/mol. The number of fused-ring (bicyclic) bond motifs is 2. The van der Waals surface area contributed by atoms with Crippen LogP contribution < -0.4 is 16.6 Å². The van der Waals surface area contributed by atoms with Crippen LogP contribution in [0.1, 0.15) is 16.1 Å². The van der Waals surface area contributed by atoms with Crippen LogP contribution in [-0.4, -0.2) is 20.0 Å². The van der Waals surface area contributed by atoms with Crippen molar-refractivity contribution in [3.8, 4) is 0 Å². The lowest BCUT2D eigenvalue weighted by molar-refractivity contribution is 0.0998. The Morgan fingerprint density at radius 3 is 2.64 bits per heavy atom. The number of hydrogen-bond donors (Lipinski definition) is 1. The average molecular weight is 399 g/mol. The van der Waals surface area contributed by atoms with Gasteiger partial charge in [0.2, 0.25) is 0 Å². The summed E-state index contributed by atoms with van der Waals surface area (Å²) in [5.74, 6) is -0.371. The molecule has 0 aliphatic carbocycles. The van der Waals surface area contributed by atoms with E-state index < -0.39 is 17.2 Å². The number of furan rings is 1. The molecular formula is C19H15ClN4O4. The van der Waals surface area contributed by atoms with E-state index in [9.17, 15) is 14.4 Å². The molecule has 0 unspecified atom stereocenters. The zero-order valence-electron chi connectivity index (χ0n) is 15.2. The van der Waals surface area contributed by atoms with Crippen LogP contribution in [0.5, 0.6) is 0 Å². The van der Waals surface area contributed by atoms with Crippen molar-refractivity contribution in [3.05, 3.63) is 67.6 Å². The molecule has 0 bridgehead atoms. The average Bonchev–Trinajstić information content (AvgIpc) is 3.03. The quantitative estimate of drug-likeness (QED) is 0.559. The molecule has 0 saturated carbocycles. The number of anilines is 1. The lowest BCUT2D eigenvalue weighted by Gasteiger charge is -2.08. The van der Waals surface area contributed by atoms with E-state index in [-0.39, 0.29) is 16.8 Å². The summed E-state index contributed by atoms with van der Waals surface area (Å²) in [6, 6.07) is 6.76.